The van der Waals surface area contributed by atoms with Gasteiger partial charge in [0.2, 0.25) is 5.91 Å². The van der Waals surface area contributed by atoms with Crippen molar-refractivity contribution < 1.29 is 14.3 Å². The minimum atomic E-state index is -0.157. The number of ether oxygens (including phenoxy) is 1. The Labute approximate surface area is 179 Å². The molecule has 0 fully saturated rings. The van der Waals surface area contributed by atoms with Gasteiger partial charge in [-0.15, -0.1) is 0 Å². The van der Waals surface area contributed by atoms with Crippen LogP contribution < -0.4 is 15.4 Å². The summed E-state index contributed by atoms with van der Waals surface area (Å²) in [6.45, 7) is 9.73. The molecule has 162 valence electrons. The molecule has 0 bridgehead atoms. The fraction of sp³-hybridized carbons (Fsp3) is 0.417. The molecule has 0 aliphatic rings. The van der Waals surface area contributed by atoms with E-state index >= 15 is 0 Å². The van der Waals surface area contributed by atoms with E-state index < -0.39 is 0 Å². The zero-order valence-corrected chi connectivity index (χ0v) is 18.4. The van der Waals surface area contributed by atoms with E-state index in [0.29, 0.717) is 11.3 Å². The number of benzene rings is 2. The van der Waals surface area contributed by atoms with E-state index in [-0.39, 0.29) is 24.5 Å². The Kier molecular flexibility index (Phi) is 9.19. The zero-order valence-electron chi connectivity index (χ0n) is 18.4. The second kappa shape index (κ2) is 11.9. The van der Waals surface area contributed by atoms with Gasteiger partial charge in [-0.3, -0.25) is 9.59 Å². The highest BCUT2D eigenvalue weighted by Gasteiger charge is 2.14. The number of carbonyl (C=O) groups excluding carboxylic acids is 2. The molecule has 6 nitrogen and oxygen atoms in total. The molecule has 0 unspecified atom stereocenters. The van der Waals surface area contributed by atoms with Crippen LogP contribution in [0.15, 0.2) is 48.5 Å². The number of amides is 2. The van der Waals surface area contributed by atoms with E-state index in [1.807, 2.05) is 43.0 Å². The van der Waals surface area contributed by atoms with Gasteiger partial charge < -0.3 is 20.3 Å². The van der Waals surface area contributed by atoms with Crippen LogP contribution in [-0.2, 0) is 4.79 Å². The monoisotopic (exact) mass is 411 g/mol. The highest BCUT2D eigenvalue weighted by Crippen LogP contribution is 2.17. The molecule has 30 heavy (non-hydrogen) atoms. The van der Waals surface area contributed by atoms with Gasteiger partial charge in [0.15, 0.2) is 0 Å². The van der Waals surface area contributed by atoms with E-state index in [2.05, 4.69) is 24.5 Å². The topological polar surface area (TPSA) is 70.7 Å². The summed E-state index contributed by atoms with van der Waals surface area (Å²) in [7, 11) is 0. The van der Waals surface area contributed by atoms with Crippen LogP contribution in [0, 0.1) is 0 Å². The van der Waals surface area contributed by atoms with Gasteiger partial charge in [0.05, 0.1) is 12.6 Å². The maximum atomic E-state index is 12.6. The molecular formula is C24H33N3O3. The van der Waals surface area contributed by atoms with E-state index in [0.717, 1.165) is 37.4 Å². The number of nitrogens with one attached hydrogen (secondary N) is 2. The highest BCUT2D eigenvalue weighted by atomic mass is 16.5. The number of carbonyl (C=O) groups is 2. The molecule has 0 aliphatic carbocycles. The smallest absolute Gasteiger partial charge is 0.253 e. The number of anilines is 2. The molecule has 0 heterocycles. The molecule has 2 aromatic carbocycles. The first-order valence-electron chi connectivity index (χ1n) is 10.6. The predicted octanol–water partition coefficient (Wildman–Crippen LogP) is 4.79. The van der Waals surface area contributed by atoms with Crippen LogP contribution >= 0.6 is 0 Å². The van der Waals surface area contributed by atoms with Crippen LogP contribution in [0.2, 0.25) is 0 Å². The second-order valence-electron chi connectivity index (χ2n) is 7.46. The van der Waals surface area contributed by atoms with Gasteiger partial charge in [0, 0.05) is 30.0 Å². The lowest BCUT2D eigenvalue weighted by Crippen LogP contribution is -2.32. The van der Waals surface area contributed by atoms with Crippen molar-refractivity contribution in [2.24, 2.45) is 0 Å². The molecule has 6 heteroatoms. The Morgan fingerprint density at radius 1 is 0.900 bits per heavy atom. The molecule has 2 amide bonds. The number of nitrogens with zero attached hydrogens (tertiary/aromatic N) is 1. The van der Waals surface area contributed by atoms with Crippen molar-refractivity contribution in [1.82, 2.24) is 4.90 Å². The third-order valence-electron chi connectivity index (χ3n) is 4.37. The van der Waals surface area contributed by atoms with Gasteiger partial charge in [0.1, 0.15) is 5.75 Å². The SMILES string of the molecule is CCCN(CCC)C(=O)c1ccc(NC(=O)CNc2ccc(OC(C)C)cc2)cc1. The fourth-order valence-corrected chi connectivity index (χ4v) is 3.04. The molecule has 0 saturated heterocycles. The van der Waals surface area contributed by atoms with Gasteiger partial charge in [-0.1, -0.05) is 13.8 Å². The molecule has 2 aromatic rings. The quantitative estimate of drug-likeness (QED) is 0.558. The standard InChI is InChI=1S/C24H33N3O3/c1-5-15-27(16-6-2)24(29)19-7-9-21(10-8-19)26-23(28)17-25-20-11-13-22(14-12-20)30-18(3)4/h7-14,18,25H,5-6,15-17H2,1-4H3,(H,26,28). The van der Waals surface area contributed by atoms with Crippen LogP contribution in [0.3, 0.4) is 0 Å². The van der Waals surface area contributed by atoms with Crippen molar-refractivity contribution in [3.05, 3.63) is 54.1 Å². The first kappa shape index (κ1) is 23.3. The summed E-state index contributed by atoms with van der Waals surface area (Å²) in [6, 6.07) is 14.5. The van der Waals surface area contributed by atoms with Gasteiger partial charge in [-0.2, -0.15) is 0 Å². The second-order valence-corrected chi connectivity index (χ2v) is 7.46. The zero-order chi connectivity index (χ0) is 21.9. The number of hydrogen-bond donors (Lipinski definition) is 2. The van der Waals surface area contributed by atoms with Crippen LogP contribution in [-0.4, -0.2) is 42.5 Å². The van der Waals surface area contributed by atoms with E-state index in [4.69, 9.17) is 4.74 Å². The maximum Gasteiger partial charge on any atom is 0.253 e. The molecule has 0 atom stereocenters. The number of rotatable bonds is 11. The van der Waals surface area contributed by atoms with Crippen LogP contribution in [0.5, 0.6) is 5.75 Å². The minimum Gasteiger partial charge on any atom is -0.491 e. The largest absolute Gasteiger partial charge is 0.491 e. The fourth-order valence-electron chi connectivity index (χ4n) is 3.04. The van der Waals surface area contributed by atoms with Gasteiger partial charge in [-0.05, 0) is 75.2 Å². The van der Waals surface area contributed by atoms with E-state index in [9.17, 15) is 9.59 Å². The summed E-state index contributed by atoms with van der Waals surface area (Å²) < 4.78 is 5.61. The lowest BCUT2D eigenvalue weighted by atomic mass is 10.1. The Morgan fingerprint density at radius 2 is 1.47 bits per heavy atom. The molecule has 0 aromatic heterocycles. The summed E-state index contributed by atoms with van der Waals surface area (Å²) >= 11 is 0. The van der Waals surface area contributed by atoms with Crippen LogP contribution in [0.4, 0.5) is 11.4 Å². The lowest BCUT2D eigenvalue weighted by Gasteiger charge is -2.21. The highest BCUT2D eigenvalue weighted by molar-refractivity contribution is 5.96. The van der Waals surface area contributed by atoms with Crippen molar-refractivity contribution in [1.29, 1.82) is 0 Å². The lowest BCUT2D eigenvalue weighted by molar-refractivity contribution is -0.114. The molecule has 0 aliphatic heterocycles. The third kappa shape index (κ3) is 7.43. The summed E-state index contributed by atoms with van der Waals surface area (Å²) in [5.41, 5.74) is 2.14. The molecule has 0 saturated carbocycles. The summed E-state index contributed by atoms with van der Waals surface area (Å²) in [4.78, 5) is 26.7. The minimum absolute atomic E-state index is 0.0307. The molecule has 2 rings (SSSR count). The van der Waals surface area contributed by atoms with E-state index in [1.165, 1.54) is 0 Å². The van der Waals surface area contributed by atoms with Gasteiger partial charge in [-0.25, -0.2) is 0 Å². The van der Waals surface area contributed by atoms with Crippen molar-refractivity contribution in [2.45, 2.75) is 46.6 Å². The summed E-state index contributed by atoms with van der Waals surface area (Å²) in [5, 5.41) is 5.93. The van der Waals surface area contributed by atoms with Gasteiger partial charge in [0.25, 0.3) is 5.91 Å². The Hall–Kier alpha value is -3.02. The van der Waals surface area contributed by atoms with Gasteiger partial charge >= 0.3 is 0 Å². The van der Waals surface area contributed by atoms with Crippen molar-refractivity contribution in [2.75, 3.05) is 30.3 Å². The van der Waals surface area contributed by atoms with Crippen LogP contribution in [0.25, 0.3) is 0 Å². The molecule has 2 N–H and O–H groups in total. The third-order valence-corrected chi connectivity index (χ3v) is 4.37. The number of hydrogen-bond acceptors (Lipinski definition) is 4. The average molecular weight is 412 g/mol. The first-order valence-corrected chi connectivity index (χ1v) is 10.6. The van der Waals surface area contributed by atoms with Crippen LogP contribution in [0.1, 0.15) is 50.9 Å². The van der Waals surface area contributed by atoms with Crippen molar-refractivity contribution >= 4 is 23.2 Å². The summed E-state index contributed by atoms with van der Waals surface area (Å²) in [6.07, 6.45) is 1.98. The Balaban J connectivity index is 1.86. The van der Waals surface area contributed by atoms with Crippen molar-refractivity contribution in [3.8, 4) is 5.75 Å². The van der Waals surface area contributed by atoms with E-state index in [1.54, 1.807) is 24.3 Å². The van der Waals surface area contributed by atoms with Crippen molar-refractivity contribution in [3.63, 3.8) is 0 Å². The first-order chi connectivity index (χ1) is 14.4. The predicted molar refractivity (Wildman–Crippen MR) is 122 cm³/mol. The molecular weight excluding hydrogens is 378 g/mol. The Bertz CT molecular complexity index is 795. The average Bonchev–Trinajstić information content (AvgIpc) is 2.73. The summed E-state index contributed by atoms with van der Waals surface area (Å²) in [5.74, 6) is 0.671. The maximum absolute atomic E-state index is 12.6. The molecule has 0 radical (unpaired) electrons. The Morgan fingerprint density at radius 3 is 2.00 bits per heavy atom. The normalized spacial score (nSPS) is 10.6. The molecule has 0 spiro atoms.